The number of unbranched alkanes of at least 4 members (excludes halogenated alkanes) is 2. The number of carbonyl (C=O) groups excluding carboxylic acids is 2. The van der Waals surface area contributed by atoms with Gasteiger partial charge in [0.25, 0.3) is 11.8 Å². The van der Waals surface area contributed by atoms with Crippen molar-refractivity contribution in [2.24, 2.45) is 0 Å². The molecule has 0 aromatic heterocycles. The minimum Gasteiger partial charge on any atom is -0.493 e. The molecule has 0 spiro atoms. The summed E-state index contributed by atoms with van der Waals surface area (Å²) in [7, 11) is 0. The van der Waals surface area contributed by atoms with Crippen molar-refractivity contribution in [3.8, 4) is 17.7 Å². The monoisotopic (exact) mass is 587 g/mol. The van der Waals surface area contributed by atoms with Gasteiger partial charge in [0.15, 0.2) is 6.19 Å². The molecule has 2 aromatic rings. The van der Waals surface area contributed by atoms with Gasteiger partial charge in [0.2, 0.25) is 0 Å². The van der Waals surface area contributed by atoms with Crippen LogP contribution in [-0.4, -0.2) is 42.0 Å². The van der Waals surface area contributed by atoms with E-state index in [-0.39, 0.29) is 12.5 Å². The van der Waals surface area contributed by atoms with Gasteiger partial charge in [-0.3, -0.25) is 9.59 Å². The summed E-state index contributed by atoms with van der Waals surface area (Å²) >= 11 is 9.79. The van der Waals surface area contributed by atoms with Crippen LogP contribution < -0.4 is 14.8 Å². The quantitative estimate of drug-likeness (QED) is 0.126. The van der Waals surface area contributed by atoms with Crippen LogP contribution in [0.5, 0.6) is 11.5 Å². The summed E-state index contributed by atoms with van der Waals surface area (Å²) in [5, 5.41) is 12.9. The van der Waals surface area contributed by atoms with Gasteiger partial charge in [-0.2, -0.15) is 5.26 Å². The Morgan fingerprint density at radius 3 is 2.65 bits per heavy atom. The lowest BCUT2D eigenvalue weighted by Gasteiger charge is -2.23. The molecule has 0 unspecified atom stereocenters. The zero-order chi connectivity index (χ0) is 26.8. The molecule has 0 radical (unpaired) electrons. The molecule has 3 rings (SSSR count). The smallest absolute Gasteiger partial charge is 0.258 e. The van der Waals surface area contributed by atoms with E-state index in [9.17, 15) is 14.9 Å². The lowest BCUT2D eigenvalue weighted by Crippen LogP contribution is -2.49. The third kappa shape index (κ3) is 8.24. The summed E-state index contributed by atoms with van der Waals surface area (Å²) in [6.07, 6.45) is 8.25. The van der Waals surface area contributed by atoms with Crippen molar-refractivity contribution in [2.75, 3.05) is 13.2 Å². The van der Waals surface area contributed by atoms with E-state index >= 15 is 0 Å². The Kier molecular flexibility index (Phi) is 10.8. The van der Waals surface area contributed by atoms with Crippen LogP contribution in [0.15, 0.2) is 53.5 Å². The molecule has 37 heavy (non-hydrogen) atoms. The highest BCUT2D eigenvalue weighted by Gasteiger charge is 2.37. The van der Waals surface area contributed by atoms with Gasteiger partial charge in [0.05, 0.1) is 17.2 Å². The molecular weight excluding hydrogens is 558 g/mol. The van der Waals surface area contributed by atoms with E-state index in [0.29, 0.717) is 45.3 Å². The fourth-order valence-electron chi connectivity index (χ4n) is 3.76. The Morgan fingerprint density at radius 2 is 2.00 bits per heavy atom. The van der Waals surface area contributed by atoms with Crippen molar-refractivity contribution in [2.45, 2.75) is 57.5 Å². The van der Waals surface area contributed by atoms with E-state index < -0.39 is 17.9 Å². The normalized spacial score (nSPS) is 13.2. The number of nitriles is 1. The Bertz CT molecular complexity index is 1160. The SMILES string of the molecule is C=CCOc1ccc(C[C@H](NC(=O)c2cc(Br)ccc2OCCCCC)C(=O)N(C#N)C2CC2)cc1Cl. The molecule has 0 saturated heterocycles. The van der Waals surface area contributed by atoms with E-state index in [1.165, 1.54) is 0 Å². The summed E-state index contributed by atoms with van der Waals surface area (Å²) in [6.45, 7) is 6.53. The van der Waals surface area contributed by atoms with E-state index in [4.69, 9.17) is 21.1 Å². The molecule has 1 aliphatic rings. The maximum Gasteiger partial charge on any atom is 0.258 e. The number of nitrogens with zero attached hydrogens (tertiary/aromatic N) is 2. The summed E-state index contributed by atoms with van der Waals surface area (Å²) < 4.78 is 12.1. The molecular formula is C28H31BrClN3O4. The van der Waals surface area contributed by atoms with E-state index in [0.717, 1.165) is 37.0 Å². The maximum atomic E-state index is 13.4. The van der Waals surface area contributed by atoms with Crippen LogP contribution in [0.2, 0.25) is 5.02 Å². The number of benzene rings is 2. The predicted octanol–water partition coefficient (Wildman–Crippen LogP) is 6.05. The van der Waals surface area contributed by atoms with Gasteiger partial charge in [0.1, 0.15) is 24.1 Å². The number of rotatable bonds is 14. The van der Waals surface area contributed by atoms with Gasteiger partial charge in [-0.1, -0.05) is 66.0 Å². The van der Waals surface area contributed by atoms with Crippen LogP contribution in [0.3, 0.4) is 0 Å². The summed E-state index contributed by atoms with van der Waals surface area (Å²) in [5.41, 5.74) is 1.03. The molecule has 196 valence electrons. The minimum absolute atomic E-state index is 0.126. The Balaban J connectivity index is 1.84. The van der Waals surface area contributed by atoms with Crippen molar-refractivity contribution in [1.82, 2.24) is 10.2 Å². The maximum absolute atomic E-state index is 13.4. The first-order chi connectivity index (χ1) is 17.9. The first-order valence-corrected chi connectivity index (χ1v) is 13.5. The third-order valence-corrected chi connectivity index (χ3v) is 6.63. The minimum atomic E-state index is -0.976. The number of hydrogen-bond acceptors (Lipinski definition) is 5. The van der Waals surface area contributed by atoms with Crippen LogP contribution in [0, 0.1) is 11.5 Å². The molecule has 7 nitrogen and oxygen atoms in total. The van der Waals surface area contributed by atoms with Crippen molar-refractivity contribution in [1.29, 1.82) is 5.26 Å². The average molecular weight is 589 g/mol. The summed E-state index contributed by atoms with van der Waals surface area (Å²) in [5.74, 6) is 0.0136. The van der Waals surface area contributed by atoms with Gasteiger partial charge in [-0.25, -0.2) is 4.90 Å². The Hall–Kier alpha value is -3.02. The lowest BCUT2D eigenvalue weighted by atomic mass is 10.0. The lowest BCUT2D eigenvalue weighted by molar-refractivity contribution is -0.130. The second kappa shape index (κ2) is 14.1. The van der Waals surface area contributed by atoms with E-state index in [1.54, 1.807) is 42.5 Å². The van der Waals surface area contributed by atoms with Crippen LogP contribution in [0.1, 0.15) is 54.9 Å². The fourth-order valence-corrected chi connectivity index (χ4v) is 4.38. The molecule has 0 aliphatic heterocycles. The number of hydrogen-bond donors (Lipinski definition) is 1. The highest BCUT2D eigenvalue weighted by molar-refractivity contribution is 9.10. The number of carbonyl (C=O) groups is 2. The highest BCUT2D eigenvalue weighted by atomic mass is 79.9. The summed E-state index contributed by atoms with van der Waals surface area (Å²) in [6, 6.07) is 9.29. The van der Waals surface area contributed by atoms with Crippen LogP contribution in [0.25, 0.3) is 0 Å². The molecule has 1 atom stereocenters. The number of amides is 2. The van der Waals surface area contributed by atoms with Crippen molar-refractivity contribution < 1.29 is 19.1 Å². The molecule has 2 amide bonds. The number of ether oxygens (including phenoxy) is 2. The van der Waals surface area contributed by atoms with Gasteiger partial charge in [-0.05, 0) is 55.2 Å². The molecule has 1 fully saturated rings. The predicted molar refractivity (Wildman–Crippen MR) is 147 cm³/mol. The van der Waals surface area contributed by atoms with Gasteiger partial charge in [-0.15, -0.1) is 0 Å². The molecule has 0 bridgehead atoms. The third-order valence-electron chi connectivity index (χ3n) is 5.85. The first-order valence-electron chi connectivity index (χ1n) is 12.4. The standard InChI is InChI=1S/C28H31BrClN3O4/c1-3-5-6-14-37-25-12-8-20(29)17-22(25)27(34)32-24(28(35)33(18-31)21-9-10-21)16-19-7-11-26(23(30)15-19)36-13-4-2/h4,7-8,11-12,15,17,21,24H,2-3,5-6,9-10,13-14,16H2,1H3,(H,32,34)/t24-/m0/s1. The molecule has 1 saturated carbocycles. The number of nitrogens with one attached hydrogen (secondary N) is 1. The largest absolute Gasteiger partial charge is 0.493 e. The van der Waals surface area contributed by atoms with Crippen LogP contribution >= 0.6 is 27.5 Å². The highest BCUT2D eigenvalue weighted by Crippen LogP contribution is 2.29. The van der Waals surface area contributed by atoms with Crippen molar-refractivity contribution in [3.63, 3.8) is 0 Å². The van der Waals surface area contributed by atoms with Crippen LogP contribution in [0.4, 0.5) is 0 Å². The molecule has 9 heteroatoms. The van der Waals surface area contributed by atoms with Gasteiger partial charge < -0.3 is 14.8 Å². The zero-order valence-corrected chi connectivity index (χ0v) is 23.2. The first kappa shape index (κ1) is 28.5. The second-order valence-corrected chi connectivity index (χ2v) is 10.2. The van der Waals surface area contributed by atoms with Gasteiger partial charge in [0, 0.05) is 16.9 Å². The van der Waals surface area contributed by atoms with E-state index in [2.05, 4.69) is 34.7 Å². The Labute approximate surface area is 231 Å². The van der Waals surface area contributed by atoms with Crippen LogP contribution in [-0.2, 0) is 11.2 Å². The van der Waals surface area contributed by atoms with Gasteiger partial charge >= 0.3 is 0 Å². The topological polar surface area (TPSA) is 91.7 Å². The molecule has 1 N–H and O–H groups in total. The van der Waals surface area contributed by atoms with E-state index in [1.807, 2.05) is 6.19 Å². The average Bonchev–Trinajstić information content (AvgIpc) is 3.72. The Morgan fingerprint density at radius 1 is 1.24 bits per heavy atom. The summed E-state index contributed by atoms with van der Waals surface area (Å²) in [4.78, 5) is 28.0. The second-order valence-electron chi connectivity index (χ2n) is 8.83. The molecule has 1 aliphatic carbocycles. The molecule has 0 heterocycles. The fraction of sp³-hybridized carbons (Fsp3) is 0.393. The molecule has 2 aromatic carbocycles. The van der Waals surface area contributed by atoms with Crippen molar-refractivity contribution >= 4 is 39.3 Å². The number of halogens is 2. The van der Waals surface area contributed by atoms with Crippen molar-refractivity contribution in [3.05, 3.63) is 69.7 Å². The zero-order valence-electron chi connectivity index (χ0n) is 20.8.